The summed E-state index contributed by atoms with van der Waals surface area (Å²) >= 11 is 0. The van der Waals surface area contributed by atoms with Crippen molar-refractivity contribution in [1.29, 1.82) is 0 Å². The molecule has 1 heterocycles. The SMILES string of the molecule is CS(=O)(=O)O[C@@H](CO)[C@@H]1COC(c2ccccc2)=N1. The Morgan fingerprint density at radius 3 is 2.74 bits per heavy atom. The molecule has 1 aromatic carbocycles. The Bertz CT molecular complexity index is 555. The highest BCUT2D eigenvalue weighted by molar-refractivity contribution is 7.86. The standard InChI is InChI=1S/C12H15NO5S/c1-19(15,16)18-11(7-14)10-8-17-12(13-10)9-5-3-2-4-6-9/h2-6,10-11,14H,7-8H2,1H3/t10-,11-/m0/s1. The second kappa shape index (κ2) is 5.68. The summed E-state index contributed by atoms with van der Waals surface area (Å²) in [5, 5.41) is 9.19. The van der Waals surface area contributed by atoms with E-state index >= 15 is 0 Å². The van der Waals surface area contributed by atoms with Crippen molar-refractivity contribution in [3.05, 3.63) is 35.9 Å². The normalized spacial score (nSPS) is 20.7. The lowest BCUT2D eigenvalue weighted by molar-refractivity contribution is 0.0918. The van der Waals surface area contributed by atoms with E-state index in [1.54, 1.807) is 0 Å². The Kier molecular flexibility index (Phi) is 4.18. The molecule has 2 rings (SSSR count). The van der Waals surface area contributed by atoms with Crippen LogP contribution >= 0.6 is 0 Å². The predicted octanol–water partition coefficient (Wildman–Crippen LogP) is 0.169. The predicted molar refractivity (Wildman–Crippen MR) is 69.5 cm³/mol. The number of rotatable bonds is 5. The summed E-state index contributed by atoms with van der Waals surface area (Å²) in [4.78, 5) is 4.26. The first-order valence-corrected chi connectivity index (χ1v) is 7.56. The largest absolute Gasteiger partial charge is 0.475 e. The van der Waals surface area contributed by atoms with Crippen LogP contribution in [0, 0.1) is 0 Å². The van der Waals surface area contributed by atoms with Gasteiger partial charge in [0.2, 0.25) is 5.90 Å². The van der Waals surface area contributed by atoms with Crippen molar-refractivity contribution in [2.45, 2.75) is 12.1 Å². The monoisotopic (exact) mass is 285 g/mol. The topological polar surface area (TPSA) is 85.2 Å². The van der Waals surface area contributed by atoms with Crippen molar-refractivity contribution in [2.24, 2.45) is 4.99 Å². The quantitative estimate of drug-likeness (QED) is 0.779. The fraction of sp³-hybridized carbons (Fsp3) is 0.417. The Balaban J connectivity index is 2.13. The zero-order chi connectivity index (χ0) is 13.9. The van der Waals surface area contributed by atoms with Crippen molar-refractivity contribution in [3.63, 3.8) is 0 Å². The third-order valence-electron chi connectivity index (χ3n) is 2.60. The molecule has 2 atom stereocenters. The summed E-state index contributed by atoms with van der Waals surface area (Å²) in [6.45, 7) is -0.252. The van der Waals surface area contributed by atoms with Crippen molar-refractivity contribution in [2.75, 3.05) is 19.5 Å². The number of hydrogen-bond donors (Lipinski definition) is 1. The summed E-state index contributed by atoms with van der Waals surface area (Å²) < 4.78 is 32.4. The molecule has 0 fully saturated rings. The van der Waals surface area contributed by atoms with E-state index in [-0.39, 0.29) is 6.61 Å². The molecule has 0 bridgehead atoms. The Morgan fingerprint density at radius 1 is 1.47 bits per heavy atom. The lowest BCUT2D eigenvalue weighted by atomic mass is 10.2. The van der Waals surface area contributed by atoms with Crippen molar-refractivity contribution < 1.29 is 22.4 Å². The molecule has 0 saturated carbocycles. The number of aliphatic hydroxyl groups excluding tert-OH is 1. The first kappa shape index (κ1) is 14.0. The van der Waals surface area contributed by atoms with E-state index in [1.165, 1.54) is 0 Å². The zero-order valence-electron chi connectivity index (χ0n) is 10.4. The number of hydrogen-bond acceptors (Lipinski definition) is 6. The molecule has 19 heavy (non-hydrogen) atoms. The van der Waals surface area contributed by atoms with Gasteiger partial charge in [-0.3, -0.25) is 4.18 Å². The van der Waals surface area contributed by atoms with Crippen LogP contribution in [-0.4, -0.2) is 51.0 Å². The molecular weight excluding hydrogens is 270 g/mol. The Labute approximate surface area is 111 Å². The lowest BCUT2D eigenvalue weighted by Gasteiger charge is -2.16. The number of benzene rings is 1. The lowest BCUT2D eigenvalue weighted by Crippen LogP contribution is -2.34. The first-order chi connectivity index (χ1) is 8.99. The van der Waals surface area contributed by atoms with Crippen molar-refractivity contribution in [3.8, 4) is 0 Å². The second-order valence-electron chi connectivity index (χ2n) is 4.20. The van der Waals surface area contributed by atoms with E-state index in [2.05, 4.69) is 4.99 Å². The van der Waals surface area contributed by atoms with Crippen LogP contribution < -0.4 is 0 Å². The van der Waals surface area contributed by atoms with Gasteiger partial charge in [0.1, 0.15) is 18.8 Å². The molecule has 0 aliphatic carbocycles. The molecule has 0 spiro atoms. The van der Waals surface area contributed by atoms with Gasteiger partial charge in [-0.15, -0.1) is 0 Å². The van der Waals surface area contributed by atoms with Gasteiger partial charge in [-0.25, -0.2) is 4.99 Å². The number of ether oxygens (including phenoxy) is 1. The number of nitrogens with zero attached hydrogens (tertiary/aromatic N) is 1. The minimum Gasteiger partial charge on any atom is -0.475 e. The maximum absolute atomic E-state index is 11.1. The molecule has 7 heteroatoms. The number of aliphatic imine (C=N–C) groups is 1. The summed E-state index contributed by atoms with van der Waals surface area (Å²) in [7, 11) is -3.64. The van der Waals surface area contributed by atoms with Gasteiger partial charge in [0.15, 0.2) is 0 Å². The molecule has 0 amide bonds. The summed E-state index contributed by atoms with van der Waals surface area (Å²) in [6, 6.07) is 8.73. The molecule has 0 saturated heterocycles. The van der Waals surface area contributed by atoms with Crippen LogP contribution in [0.5, 0.6) is 0 Å². The van der Waals surface area contributed by atoms with Crippen LogP contribution in [0.4, 0.5) is 0 Å². The van der Waals surface area contributed by atoms with Gasteiger partial charge in [-0.1, -0.05) is 18.2 Å². The molecule has 104 valence electrons. The van der Waals surface area contributed by atoms with Gasteiger partial charge in [-0.05, 0) is 12.1 Å². The molecule has 0 radical (unpaired) electrons. The highest BCUT2D eigenvalue weighted by Gasteiger charge is 2.30. The van der Waals surface area contributed by atoms with E-state index in [0.717, 1.165) is 11.8 Å². The van der Waals surface area contributed by atoms with Crippen LogP contribution in [0.1, 0.15) is 5.56 Å². The molecule has 0 unspecified atom stereocenters. The Morgan fingerprint density at radius 2 is 2.16 bits per heavy atom. The van der Waals surface area contributed by atoms with Gasteiger partial charge < -0.3 is 9.84 Å². The van der Waals surface area contributed by atoms with E-state index in [4.69, 9.17) is 8.92 Å². The van der Waals surface area contributed by atoms with E-state index < -0.39 is 28.9 Å². The fourth-order valence-corrected chi connectivity index (χ4v) is 2.40. The summed E-state index contributed by atoms with van der Waals surface area (Å²) in [5.41, 5.74) is 0.807. The molecule has 1 N–H and O–H groups in total. The zero-order valence-corrected chi connectivity index (χ0v) is 11.2. The van der Waals surface area contributed by atoms with Crippen LogP contribution in [0.3, 0.4) is 0 Å². The van der Waals surface area contributed by atoms with Crippen LogP contribution in [0.25, 0.3) is 0 Å². The summed E-state index contributed by atoms with van der Waals surface area (Å²) in [5.74, 6) is 0.432. The van der Waals surface area contributed by atoms with Gasteiger partial charge in [0.25, 0.3) is 10.1 Å². The second-order valence-corrected chi connectivity index (χ2v) is 5.80. The van der Waals surface area contributed by atoms with E-state index in [1.807, 2.05) is 30.3 Å². The average Bonchev–Trinajstić information content (AvgIpc) is 2.85. The van der Waals surface area contributed by atoms with Crippen LogP contribution in [0.2, 0.25) is 0 Å². The van der Waals surface area contributed by atoms with Gasteiger partial charge in [0.05, 0.1) is 12.9 Å². The maximum atomic E-state index is 11.1. The molecule has 6 nitrogen and oxygen atoms in total. The van der Waals surface area contributed by atoms with Crippen molar-refractivity contribution >= 4 is 16.0 Å². The number of aliphatic hydroxyl groups is 1. The van der Waals surface area contributed by atoms with Crippen molar-refractivity contribution in [1.82, 2.24) is 0 Å². The molecule has 1 aliphatic heterocycles. The van der Waals surface area contributed by atoms with E-state index in [0.29, 0.717) is 5.90 Å². The summed E-state index contributed by atoms with van der Waals surface area (Å²) in [6.07, 6.45) is 0.0176. The third kappa shape index (κ3) is 3.76. The van der Waals surface area contributed by atoms with Crippen LogP contribution in [-0.2, 0) is 19.0 Å². The molecule has 0 aromatic heterocycles. The minimum absolute atomic E-state index is 0.185. The highest BCUT2D eigenvalue weighted by atomic mass is 32.2. The van der Waals surface area contributed by atoms with Gasteiger partial charge >= 0.3 is 0 Å². The molecule has 1 aliphatic rings. The average molecular weight is 285 g/mol. The highest BCUT2D eigenvalue weighted by Crippen LogP contribution is 2.17. The van der Waals surface area contributed by atoms with E-state index in [9.17, 15) is 13.5 Å². The third-order valence-corrected chi connectivity index (χ3v) is 3.20. The Hall–Kier alpha value is -1.44. The smallest absolute Gasteiger partial charge is 0.264 e. The maximum Gasteiger partial charge on any atom is 0.264 e. The van der Waals surface area contributed by atoms with Gasteiger partial charge in [0, 0.05) is 5.56 Å². The van der Waals surface area contributed by atoms with Gasteiger partial charge in [-0.2, -0.15) is 8.42 Å². The first-order valence-electron chi connectivity index (χ1n) is 5.75. The molecule has 1 aromatic rings. The molecular formula is C12H15NO5S. The fourth-order valence-electron chi connectivity index (χ4n) is 1.76. The van der Waals surface area contributed by atoms with Crippen LogP contribution in [0.15, 0.2) is 35.3 Å². The minimum atomic E-state index is -3.64.